The van der Waals surface area contributed by atoms with Crippen LogP contribution in [0.3, 0.4) is 0 Å². The number of anilines is 1. The monoisotopic (exact) mass is 450 g/mol. The van der Waals surface area contributed by atoms with Crippen LogP contribution >= 0.6 is 23.2 Å². The van der Waals surface area contributed by atoms with Gasteiger partial charge in [-0.1, -0.05) is 47.5 Å². The Kier molecular flexibility index (Phi) is 5.02. The first-order valence-corrected chi connectivity index (χ1v) is 10.8. The van der Waals surface area contributed by atoms with Crippen molar-refractivity contribution in [3.63, 3.8) is 0 Å². The maximum absolute atomic E-state index is 13.3. The van der Waals surface area contributed by atoms with Gasteiger partial charge in [-0.15, -0.1) is 0 Å². The molecule has 2 heterocycles. The van der Waals surface area contributed by atoms with Crippen LogP contribution in [0.4, 0.5) is 10.5 Å². The highest BCUT2D eigenvalue weighted by molar-refractivity contribution is 7.89. The fourth-order valence-electron chi connectivity index (χ4n) is 3.27. The number of sulfonamides is 1. The van der Waals surface area contributed by atoms with Crippen molar-refractivity contribution < 1.29 is 13.2 Å². The molecule has 10 heteroatoms. The van der Waals surface area contributed by atoms with Crippen molar-refractivity contribution in [3.8, 4) is 0 Å². The Bertz CT molecular complexity index is 1210. The van der Waals surface area contributed by atoms with Crippen molar-refractivity contribution in [1.29, 1.82) is 0 Å². The first-order valence-electron chi connectivity index (χ1n) is 8.62. The van der Waals surface area contributed by atoms with E-state index < -0.39 is 16.1 Å². The van der Waals surface area contributed by atoms with Crippen LogP contribution in [0.15, 0.2) is 59.8 Å². The van der Waals surface area contributed by atoms with Crippen molar-refractivity contribution in [2.45, 2.75) is 18.1 Å². The van der Waals surface area contributed by atoms with Gasteiger partial charge in [0, 0.05) is 17.1 Å². The minimum absolute atomic E-state index is 0.0406. The summed E-state index contributed by atoms with van der Waals surface area (Å²) in [6.07, 6.45) is 1.38. The molecule has 0 aliphatic carbocycles. The Morgan fingerprint density at radius 3 is 2.14 bits per heavy atom. The average molecular weight is 451 g/mol. The molecule has 0 radical (unpaired) electrons. The molecule has 0 bridgehead atoms. The van der Waals surface area contributed by atoms with Gasteiger partial charge in [0.2, 0.25) is 0 Å². The molecule has 1 aliphatic rings. The number of hydrogen-bond acceptors (Lipinski definition) is 4. The lowest BCUT2D eigenvalue weighted by atomic mass is 10.2. The number of fused-ring (bicyclic) bond motifs is 1. The second-order valence-electron chi connectivity index (χ2n) is 6.60. The number of carbonyl (C=O) groups is 1. The van der Waals surface area contributed by atoms with Gasteiger partial charge in [-0.05, 0) is 35.4 Å². The second kappa shape index (κ2) is 7.37. The fraction of sp³-hybridized carbons (Fsp3) is 0.158. The number of aromatic nitrogens is 2. The molecule has 1 aliphatic heterocycles. The Hall–Kier alpha value is -2.55. The zero-order chi connectivity index (χ0) is 20.8. The number of aryl methyl sites for hydroxylation is 1. The minimum Gasteiger partial charge on any atom is -0.285 e. The van der Waals surface area contributed by atoms with Crippen LogP contribution in [0, 0.1) is 0 Å². The normalized spacial score (nSPS) is 15.5. The quantitative estimate of drug-likeness (QED) is 0.600. The lowest BCUT2D eigenvalue weighted by Gasteiger charge is -2.34. The summed E-state index contributed by atoms with van der Waals surface area (Å²) in [5, 5.41) is 5.01. The van der Waals surface area contributed by atoms with Gasteiger partial charge in [-0.25, -0.2) is 9.10 Å². The van der Waals surface area contributed by atoms with Crippen LogP contribution in [0.2, 0.25) is 10.0 Å². The molecule has 0 fully saturated rings. The van der Waals surface area contributed by atoms with Crippen molar-refractivity contribution in [2.24, 2.45) is 7.05 Å². The number of amides is 2. The second-order valence-corrected chi connectivity index (χ2v) is 9.25. The summed E-state index contributed by atoms with van der Waals surface area (Å²) in [6.45, 7) is 0.0119. The molecular weight excluding hydrogens is 435 g/mol. The van der Waals surface area contributed by atoms with E-state index in [4.69, 9.17) is 23.2 Å². The summed E-state index contributed by atoms with van der Waals surface area (Å²) >= 11 is 12.1. The Morgan fingerprint density at radius 1 is 0.966 bits per heavy atom. The van der Waals surface area contributed by atoms with Crippen LogP contribution in [0.5, 0.6) is 0 Å². The third-order valence-corrected chi connectivity index (χ3v) is 6.88. The summed E-state index contributed by atoms with van der Waals surface area (Å²) < 4.78 is 28.5. The maximum atomic E-state index is 13.3. The Morgan fingerprint density at radius 2 is 1.55 bits per heavy atom. The number of hydrogen-bond donors (Lipinski definition) is 0. The number of nitrogens with zero attached hydrogens (tertiary/aromatic N) is 4. The number of benzene rings is 2. The summed E-state index contributed by atoms with van der Waals surface area (Å²) in [6, 6.07) is 13.1. The van der Waals surface area contributed by atoms with Gasteiger partial charge >= 0.3 is 6.03 Å². The Balaban J connectivity index is 1.79. The number of halogens is 2. The van der Waals surface area contributed by atoms with E-state index in [1.165, 1.54) is 22.8 Å². The smallest absolute Gasteiger partial charge is 0.285 e. The minimum atomic E-state index is -4.09. The molecule has 3 aromatic rings. The predicted molar refractivity (Wildman–Crippen MR) is 110 cm³/mol. The average Bonchev–Trinajstić information content (AvgIpc) is 3.05. The molecule has 0 atom stereocenters. The van der Waals surface area contributed by atoms with Crippen LogP contribution < -0.4 is 4.90 Å². The van der Waals surface area contributed by atoms with E-state index in [-0.39, 0.29) is 23.8 Å². The molecule has 2 aromatic carbocycles. The number of carbonyl (C=O) groups excluding carboxylic acids is 1. The number of urea groups is 1. The van der Waals surface area contributed by atoms with E-state index in [0.717, 1.165) is 9.87 Å². The highest BCUT2D eigenvalue weighted by Gasteiger charge is 2.44. The maximum Gasteiger partial charge on any atom is 0.339 e. The van der Waals surface area contributed by atoms with Gasteiger partial charge in [0.15, 0.2) is 5.03 Å². The zero-order valence-electron chi connectivity index (χ0n) is 15.3. The van der Waals surface area contributed by atoms with Gasteiger partial charge in [0.05, 0.1) is 19.3 Å². The number of rotatable bonds is 4. The summed E-state index contributed by atoms with van der Waals surface area (Å²) in [7, 11) is -2.56. The van der Waals surface area contributed by atoms with E-state index >= 15 is 0 Å². The molecular formula is C19H16Cl2N4O3S. The van der Waals surface area contributed by atoms with Crippen LogP contribution in [0.1, 0.15) is 11.1 Å². The molecule has 0 spiro atoms. The first-order chi connectivity index (χ1) is 13.8. The lowest BCUT2D eigenvalue weighted by Crippen LogP contribution is -2.50. The molecule has 4 rings (SSSR count). The lowest BCUT2D eigenvalue weighted by molar-refractivity contribution is 0.225. The largest absolute Gasteiger partial charge is 0.339 e. The SMILES string of the molecule is Cn1ncc2c1S(=O)(=O)N(Cc1cccc(Cl)c1)C(=O)N2Cc1cccc(Cl)c1. The van der Waals surface area contributed by atoms with Gasteiger partial charge in [-0.3, -0.25) is 9.58 Å². The van der Waals surface area contributed by atoms with Crippen molar-refractivity contribution in [3.05, 3.63) is 75.9 Å². The van der Waals surface area contributed by atoms with Crippen molar-refractivity contribution in [1.82, 2.24) is 14.1 Å². The van der Waals surface area contributed by atoms with Crippen molar-refractivity contribution in [2.75, 3.05) is 4.90 Å². The van der Waals surface area contributed by atoms with Gasteiger partial charge < -0.3 is 0 Å². The topological polar surface area (TPSA) is 75.5 Å². The highest BCUT2D eigenvalue weighted by Crippen LogP contribution is 2.36. The zero-order valence-corrected chi connectivity index (χ0v) is 17.6. The fourth-order valence-corrected chi connectivity index (χ4v) is 5.33. The molecule has 0 saturated carbocycles. The summed E-state index contributed by atoms with van der Waals surface area (Å²) in [5.74, 6) is 0. The van der Waals surface area contributed by atoms with E-state index in [9.17, 15) is 13.2 Å². The molecule has 0 unspecified atom stereocenters. The summed E-state index contributed by atoms with van der Waals surface area (Å²) in [5.41, 5.74) is 1.60. The molecule has 2 amide bonds. The van der Waals surface area contributed by atoms with E-state index in [1.54, 1.807) is 42.5 Å². The first kappa shape index (κ1) is 19.8. The van der Waals surface area contributed by atoms with Gasteiger partial charge in [0.25, 0.3) is 10.0 Å². The standard InChI is InChI=1S/C19H16Cl2N4O3S/c1-23-18-17(10-22-23)24(11-13-4-2-6-15(20)8-13)19(26)25(29(18,27)28)12-14-5-3-7-16(21)9-14/h2-10H,11-12H2,1H3. The molecule has 1 aromatic heterocycles. The van der Waals surface area contributed by atoms with Gasteiger partial charge in [-0.2, -0.15) is 13.5 Å². The molecule has 7 nitrogen and oxygen atoms in total. The third-order valence-electron chi connectivity index (χ3n) is 4.58. The van der Waals surface area contributed by atoms with Crippen molar-refractivity contribution >= 4 is 44.9 Å². The van der Waals surface area contributed by atoms with E-state index in [1.807, 2.05) is 6.07 Å². The van der Waals surface area contributed by atoms with Crippen LogP contribution in [0.25, 0.3) is 0 Å². The molecule has 29 heavy (non-hydrogen) atoms. The van der Waals surface area contributed by atoms with Crippen LogP contribution in [-0.2, 0) is 30.2 Å². The van der Waals surface area contributed by atoms with Gasteiger partial charge in [0.1, 0.15) is 5.69 Å². The van der Waals surface area contributed by atoms with Crippen LogP contribution in [-0.4, -0.2) is 28.5 Å². The van der Waals surface area contributed by atoms with E-state index in [0.29, 0.717) is 15.6 Å². The Labute approximate surface area is 178 Å². The molecule has 150 valence electrons. The summed E-state index contributed by atoms with van der Waals surface area (Å²) in [4.78, 5) is 14.6. The molecule has 0 saturated heterocycles. The molecule has 0 N–H and O–H groups in total. The van der Waals surface area contributed by atoms with E-state index in [2.05, 4.69) is 5.10 Å². The highest BCUT2D eigenvalue weighted by atomic mass is 35.5. The predicted octanol–water partition coefficient (Wildman–Crippen LogP) is 4.06. The third kappa shape index (κ3) is 3.59.